The maximum Gasteiger partial charge on any atom is 0.274 e. The van der Waals surface area contributed by atoms with Crippen LogP contribution in [0.15, 0.2) is 53.5 Å². The quantitative estimate of drug-likeness (QED) is 0.523. The first-order valence-electron chi connectivity index (χ1n) is 12.4. The molecule has 5 rings (SSSR count). The summed E-state index contributed by atoms with van der Waals surface area (Å²) in [6.45, 7) is 2.43. The van der Waals surface area contributed by atoms with Crippen molar-refractivity contribution in [1.82, 2.24) is 14.8 Å². The third kappa shape index (κ3) is 4.78. The Morgan fingerprint density at radius 1 is 1.11 bits per heavy atom. The van der Waals surface area contributed by atoms with E-state index in [4.69, 9.17) is 4.74 Å². The summed E-state index contributed by atoms with van der Waals surface area (Å²) in [5.41, 5.74) is -0.815. The van der Waals surface area contributed by atoms with Gasteiger partial charge in [-0.15, -0.1) is 0 Å². The highest BCUT2D eigenvalue weighted by Gasteiger charge is 2.39. The summed E-state index contributed by atoms with van der Waals surface area (Å²) in [6.07, 6.45) is 3.00. The van der Waals surface area contributed by atoms with E-state index in [1.807, 2.05) is 18.2 Å². The fraction of sp³-hybridized carbons (Fsp3) is 0.321. The molecule has 2 bridgehead atoms. The number of carbonyl (C=O) groups is 2. The van der Waals surface area contributed by atoms with Gasteiger partial charge < -0.3 is 19.5 Å². The predicted molar refractivity (Wildman–Crippen MR) is 132 cm³/mol. The highest BCUT2D eigenvalue weighted by molar-refractivity contribution is 5.99. The number of nitrogens with zero attached hydrogens (tertiary/aromatic N) is 2. The topological polar surface area (TPSA) is 80.6 Å². The van der Waals surface area contributed by atoms with Crippen LogP contribution >= 0.6 is 0 Å². The van der Waals surface area contributed by atoms with Crippen molar-refractivity contribution in [2.75, 3.05) is 13.1 Å². The number of hydrogen-bond donors (Lipinski definition) is 1. The molecule has 2 aliphatic rings. The lowest BCUT2D eigenvalue weighted by molar-refractivity contribution is 0.0659. The summed E-state index contributed by atoms with van der Waals surface area (Å²) in [6, 6.07) is 9.90. The van der Waals surface area contributed by atoms with Gasteiger partial charge in [0.15, 0.2) is 11.4 Å². The molecule has 1 aromatic heterocycles. The first-order valence-corrected chi connectivity index (χ1v) is 12.4. The van der Waals surface area contributed by atoms with E-state index in [0.717, 1.165) is 18.4 Å². The number of pyridine rings is 1. The number of fused-ring (bicyclic) bond motifs is 4. The van der Waals surface area contributed by atoms with Crippen LogP contribution in [-0.4, -0.2) is 34.4 Å². The second-order valence-corrected chi connectivity index (χ2v) is 9.70. The number of aromatic nitrogens is 1. The van der Waals surface area contributed by atoms with Crippen molar-refractivity contribution < 1.29 is 27.5 Å². The summed E-state index contributed by atoms with van der Waals surface area (Å²) >= 11 is 0. The van der Waals surface area contributed by atoms with Crippen LogP contribution in [0, 0.1) is 23.4 Å². The molecule has 0 radical (unpaired) electrons. The van der Waals surface area contributed by atoms with Crippen molar-refractivity contribution in [2.45, 2.75) is 39.0 Å². The molecule has 198 valence electrons. The van der Waals surface area contributed by atoms with Crippen LogP contribution in [0.1, 0.15) is 57.8 Å². The Morgan fingerprint density at radius 2 is 1.82 bits per heavy atom. The van der Waals surface area contributed by atoms with Crippen molar-refractivity contribution in [3.8, 4) is 5.75 Å². The van der Waals surface area contributed by atoms with E-state index in [-0.39, 0.29) is 41.5 Å². The molecular formula is C28H26F3N3O4. The number of carbonyl (C=O) groups excluding carboxylic acids is 2. The number of benzene rings is 2. The van der Waals surface area contributed by atoms with Gasteiger partial charge in [0.05, 0.1) is 6.04 Å². The Kier molecular flexibility index (Phi) is 6.96. The Balaban J connectivity index is 1.55. The van der Waals surface area contributed by atoms with Crippen molar-refractivity contribution in [1.29, 1.82) is 0 Å². The summed E-state index contributed by atoms with van der Waals surface area (Å²) in [7, 11) is 0. The molecule has 7 nitrogen and oxygen atoms in total. The van der Waals surface area contributed by atoms with E-state index in [0.29, 0.717) is 25.2 Å². The molecule has 1 saturated heterocycles. The molecule has 2 amide bonds. The number of hydrogen-bond acceptors (Lipinski definition) is 4. The third-order valence-electron chi connectivity index (χ3n) is 7.19. The molecule has 1 fully saturated rings. The Labute approximate surface area is 216 Å². The smallest absolute Gasteiger partial charge is 0.274 e. The third-order valence-corrected chi connectivity index (χ3v) is 7.19. The van der Waals surface area contributed by atoms with Gasteiger partial charge in [-0.25, -0.2) is 13.2 Å². The fourth-order valence-corrected chi connectivity index (χ4v) is 5.10. The molecule has 38 heavy (non-hydrogen) atoms. The fourth-order valence-electron chi connectivity index (χ4n) is 5.10. The molecule has 2 atom stereocenters. The van der Waals surface area contributed by atoms with Gasteiger partial charge in [-0.2, -0.15) is 0 Å². The minimum absolute atomic E-state index is 0.00630. The van der Waals surface area contributed by atoms with Crippen LogP contribution in [0.25, 0.3) is 0 Å². The normalized spacial score (nSPS) is 18.5. The van der Waals surface area contributed by atoms with Gasteiger partial charge in [0.25, 0.3) is 11.8 Å². The van der Waals surface area contributed by atoms with E-state index < -0.39 is 40.9 Å². The summed E-state index contributed by atoms with van der Waals surface area (Å²) in [4.78, 5) is 41.9. The number of rotatable bonds is 6. The first-order chi connectivity index (χ1) is 18.2. The van der Waals surface area contributed by atoms with Crippen molar-refractivity contribution >= 4 is 11.8 Å². The molecule has 2 aromatic carbocycles. The monoisotopic (exact) mass is 525 g/mol. The van der Waals surface area contributed by atoms with Crippen LogP contribution in [0.5, 0.6) is 5.75 Å². The van der Waals surface area contributed by atoms with Crippen LogP contribution in [0.3, 0.4) is 0 Å². The zero-order valence-corrected chi connectivity index (χ0v) is 20.7. The van der Waals surface area contributed by atoms with Gasteiger partial charge in [0, 0.05) is 43.5 Å². The van der Waals surface area contributed by atoms with E-state index in [1.54, 1.807) is 21.6 Å². The maximum atomic E-state index is 14.1. The predicted octanol–water partition coefficient (Wildman–Crippen LogP) is 4.20. The van der Waals surface area contributed by atoms with Gasteiger partial charge >= 0.3 is 0 Å². The Morgan fingerprint density at radius 3 is 2.53 bits per heavy atom. The van der Waals surface area contributed by atoms with Crippen LogP contribution < -0.4 is 15.5 Å². The van der Waals surface area contributed by atoms with Gasteiger partial charge in [-0.3, -0.25) is 14.4 Å². The molecule has 3 heterocycles. The lowest BCUT2D eigenvalue weighted by Crippen LogP contribution is -2.46. The van der Waals surface area contributed by atoms with E-state index in [2.05, 4.69) is 12.2 Å². The second kappa shape index (κ2) is 10.4. The number of ether oxygens (including phenoxy) is 1. The Bertz CT molecular complexity index is 1430. The summed E-state index contributed by atoms with van der Waals surface area (Å²) < 4.78 is 49.0. The van der Waals surface area contributed by atoms with Gasteiger partial charge in [-0.1, -0.05) is 37.3 Å². The van der Waals surface area contributed by atoms with Crippen molar-refractivity contribution in [3.05, 3.63) is 98.7 Å². The second-order valence-electron chi connectivity index (χ2n) is 9.70. The van der Waals surface area contributed by atoms with E-state index in [1.165, 1.54) is 6.20 Å². The number of halogens is 3. The minimum atomic E-state index is -1.16. The van der Waals surface area contributed by atoms with Crippen LogP contribution in [-0.2, 0) is 13.2 Å². The molecule has 10 heteroatoms. The van der Waals surface area contributed by atoms with Crippen LogP contribution in [0.4, 0.5) is 13.2 Å². The van der Waals surface area contributed by atoms with E-state index >= 15 is 0 Å². The highest BCUT2D eigenvalue weighted by atomic mass is 19.1. The minimum Gasteiger partial charge on any atom is -0.483 e. The molecular weight excluding hydrogens is 499 g/mol. The summed E-state index contributed by atoms with van der Waals surface area (Å²) in [5, 5.41) is 2.35. The van der Waals surface area contributed by atoms with Gasteiger partial charge in [-0.05, 0) is 24.3 Å². The molecule has 0 unspecified atom stereocenters. The average molecular weight is 526 g/mol. The average Bonchev–Trinajstić information content (AvgIpc) is 3.06. The van der Waals surface area contributed by atoms with Gasteiger partial charge in [0.2, 0.25) is 5.43 Å². The molecule has 0 aliphatic carbocycles. The molecule has 3 aromatic rings. The van der Waals surface area contributed by atoms with Crippen molar-refractivity contribution in [3.63, 3.8) is 0 Å². The number of nitrogens with one attached hydrogen (secondary N) is 1. The lowest BCUT2D eigenvalue weighted by atomic mass is 9.95. The molecule has 0 spiro atoms. The molecule has 2 aliphatic heterocycles. The standard InChI is InChI=1S/C28H26F3N3O4/c1-16-6-5-9-33-14-23(16)34-13-20(27(36)32-12-19-21(30)10-18(29)11-22(19)31)25(35)26(24(34)28(33)37)38-15-17-7-3-2-4-8-17/h2-4,7-8,10-11,13,16,23H,5-6,9,12,14-15H2,1H3,(H,32,36)/t16-,23+/m0/s1. The maximum absolute atomic E-state index is 14.1. The van der Waals surface area contributed by atoms with E-state index in [9.17, 15) is 27.6 Å². The summed E-state index contributed by atoms with van der Waals surface area (Å²) in [5.74, 6) is -4.74. The number of amides is 2. The van der Waals surface area contributed by atoms with Crippen molar-refractivity contribution in [2.24, 2.45) is 5.92 Å². The largest absolute Gasteiger partial charge is 0.483 e. The zero-order chi connectivity index (χ0) is 27.0. The van der Waals surface area contributed by atoms with Gasteiger partial charge in [0.1, 0.15) is 29.6 Å². The molecule has 0 saturated carbocycles. The Hall–Kier alpha value is -4.08. The zero-order valence-electron chi connectivity index (χ0n) is 20.7. The van der Waals surface area contributed by atoms with Crippen LogP contribution in [0.2, 0.25) is 0 Å². The highest BCUT2D eigenvalue weighted by Crippen LogP contribution is 2.35. The lowest BCUT2D eigenvalue weighted by Gasteiger charge is -2.37. The molecule has 1 N–H and O–H groups in total. The SMILES string of the molecule is C[C@H]1CCCN2C[C@H]1n1cc(C(=O)NCc3c(F)cc(F)cc3F)c(=O)c(OCc3ccccc3)c1C2=O. The first kappa shape index (κ1) is 25.6.